The Morgan fingerprint density at radius 2 is 1.15 bits per heavy atom. The van der Waals surface area contributed by atoms with E-state index >= 15 is 0 Å². The first-order valence-electron chi connectivity index (χ1n) is 11.5. The minimum absolute atomic E-state index is 0.659. The van der Waals surface area contributed by atoms with Crippen molar-refractivity contribution in [2.45, 2.75) is 104 Å². The standard InChI is InChI=1S/C24H45N2O/c1-4-5-6-7-8-9-10-11-12-13-14-15-16-17-22-27-23-26-20-18-24(19-21-26)25(2)3/h18-21H,4-17,22-23H2,1-3H3/q+1. The van der Waals surface area contributed by atoms with E-state index in [1.54, 1.807) is 0 Å². The Hall–Kier alpha value is -1.09. The third-order valence-corrected chi connectivity index (χ3v) is 5.27. The van der Waals surface area contributed by atoms with E-state index in [9.17, 15) is 0 Å². The van der Waals surface area contributed by atoms with Crippen molar-refractivity contribution in [3.8, 4) is 0 Å². The van der Waals surface area contributed by atoms with Gasteiger partial charge in [-0.15, -0.1) is 0 Å². The van der Waals surface area contributed by atoms with Crippen LogP contribution < -0.4 is 9.47 Å². The molecular weight excluding hydrogens is 332 g/mol. The number of ether oxygens (including phenoxy) is 1. The molecule has 0 aliphatic heterocycles. The predicted octanol–water partition coefficient (Wildman–Crippen LogP) is 6.50. The van der Waals surface area contributed by atoms with Crippen molar-refractivity contribution >= 4 is 5.69 Å². The van der Waals surface area contributed by atoms with Crippen LogP contribution in [-0.2, 0) is 11.5 Å². The molecule has 156 valence electrons. The fourth-order valence-electron chi connectivity index (χ4n) is 3.40. The van der Waals surface area contributed by atoms with Crippen LogP contribution in [-0.4, -0.2) is 20.7 Å². The Labute approximate surface area is 169 Å². The lowest BCUT2D eigenvalue weighted by molar-refractivity contribution is -0.732. The van der Waals surface area contributed by atoms with Crippen LogP contribution in [0.15, 0.2) is 24.5 Å². The van der Waals surface area contributed by atoms with Gasteiger partial charge < -0.3 is 9.64 Å². The summed E-state index contributed by atoms with van der Waals surface area (Å²) < 4.78 is 7.87. The van der Waals surface area contributed by atoms with Crippen LogP contribution in [0, 0.1) is 0 Å². The first-order chi connectivity index (χ1) is 13.2. The van der Waals surface area contributed by atoms with E-state index in [4.69, 9.17) is 4.74 Å². The topological polar surface area (TPSA) is 16.4 Å². The smallest absolute Gasteiger partial charge is 0.252 e. The molecule has 0 radical (unpaired) electrons. The number of rotatable bonds is 18. The lowest BCUT2D eigenvalue weighted by Crippen LogP contribution is -2.34. The minimum atomic E-state index is 0.659. The summed E-state index contributed by atoms with van der Waals surface area (Å²) in [5.74, 6) is 0. The van der Waals surface area contributed by atoms with E-state index in [1.807, 2.05) is 0 Å². The minimum Gasteiger partial charge on any atom is -0.377 e. The van der Waals surface area contributed by atoms with Gasteiger partial charge in [0.05, 0.1) is 6.61 Å². The highest BCUT2D eigenvalue weighted by molar-refractivity contribution is 5.41. The van der Waals surface area contributed by atoms with Gasteiger partial charge in [0.1, 0.15) is 0 Å². The summed E-state index contributed by atoms with van der Waals surface area (Å²) in [6, 6.07) is 4.24. The van der Waals surface area contributed by atoms with E-state index in [0.717, 1.165) is 6.61 Å². The fraction of sp³-hybridized carbons (Fsp3) is 0.792. The van der Waals surface area contributed by atoms with Gasteiger partial charge in [-0.1, -0.05) is 90.4 Å². The zero-order chi connectivity index (χ0) is 19.6. The summed E-state index contributed by atoms with van der Waals surface area (Å²) in [4.78, 5) is 2.11. The maximum Gasteiger partial charge on any atom is 0.252 e. The first kappa shape index (κ1) is 23.9. The molecule has 0 aromatic carbocycles. The zero-order valence-electron chi connectivity index (χ0n) is 18.4. The quantitative estimate of drug-likeness (QED) is 0.214. The molecule has 27 heavy (non-hydrogen) atoms. The highest BCUT2D eigenvalue weighted by atomic mass is 16.5. The van der Waals surface area contributed by atoms with E-state index in [1.165, 1.54) is 95.6 Å². The molecule has 0 aliphatic rings. The summed E-state index contributed by atoms with van der Waals surface area (Å²) in [5.41, 5.74) is 1.22. The van der Waals surface area contributed by atoms with Gasteiger partial charge >= 0.3 is 0 Å². The van der Waals surface area contributed by atoms with Crippen LogP contribution in [0.5, 0.6) is 0 Å². The van der Waals surface area contributed by atoms with Gasteiger partial charge in [-0.05, 0) is 6.42 Å². The molecule has 0 bridgehead atoms. The van der Waals surface area contributed by atoms with Crippen molar-refractivity contribution in [1.29, 1.82) is 0 Å². The van der Waals surface area contributed by atoms with Gasteiger partial charge in [-0.3, -0.25) is 0 Å². The highest BCUT2D eigenvalue weighted by Gasteiger charge is 2.02. The zero-order valence-corrected chi connectivity index (χ0v) is 18.4. The molecule has 0 N–H and O–H groups in total. The molecule has 0 spiro atoms. The van der Waals surface area contributed by atoms with Crippen LogP contribution >= 0.6 is 0 Å². The lowest BCUT2D eigenvalue weighted by Gasteiger charge is -2.10. The molecule has 0 unspecified atom stereocenters. The molecule has 3 heteroatoms. The number of unbranched alkanes of at least 4 members (excludes halogenated alkanes) is 13. The summed E-state index contributed by atoms with van der Waals surface area (Å²) in [5, 5.41) is 0. The monoisotopic (exact) mass is 377 g/mol. The second-order valence-electron chi connectivity index (χ2n) is 8.10. The number of hydrogen-bond donors (Lipinski definition) is 0. The molecule has 0 amide bonds. The van der Waals surface area contributed by atoms with Crippen molar-refractivity contribution in [2.24, 2.45) is 0 Å². The average molecular weight is 378 g/mol. The summed E-state index contributed by atoms with van der Waals surface area (Å²) in [7, 11) is 4.12. The summed E-state index contributed by atoms with van der Waals surface area (Å²) in [6.07, 6.45) is 23.8. The molecule has 0 atom stereocenters. The second-order valence-corrected chi connectivity index (χ2v) is 8.10. The first-order valence-corrected chi connectivity index (χ1v) is 11.5. The van der Waals surface area contributed by atoms with Crippen LogP contribution in [0.1, 0.15) is 96.8 Å². The maximum absolute atomic E-state index is 5.78. The molecular formula is C24H45N2O+. The molecule has 1 rings (SSSR count). The van der Waals surface area contributed by atoms with E-state index in [0.29, 0.717) is 6.73 Å². The van der Waals surface area contributed by atoms with Gasteiger partial charge in [0.2, 0.25) is 0 Å². The lowest BCUT2D eigenvalue weighted by atomic mass is 10.0. The largest absolute Gasteiger partial charge is 0.377 e. The summed E-state index contributed by atoms with van der Waals surface area (Å²) >= 11 is 0. The third kappa shape index (κ3) is 13.7. The van der Waals surface area contributed by atoms with Crippen molar-refractivity contribution < 1.29 is 9.30 Å². The molecule has 1 aromatic rings. The highest BCUT2D eigenvalue weighted by Crippen LogP contribution is 2.13. The predicted molar refractivity (Wildman–Crippen MR) is 117 cm³/mol. The van der Waals surface area contributed by atoms with Crippen LogP contribution in [0.4, 0.5) is 5.69 Å². The fourth-order valence-corrected chi connectivity index (χ4v) is 3.40. The molecule has 3 nitrogen and oxygen atoms in total. The SMILES string of the molecule is CCCCCCCCCCCCCCCCOC[n+]1ccc(N(C)C)cc1. The van der Waals surface area contributed by atoms with Gasteiger partial charge in [-0.2, -0.15) is 4.57 Å². The van der Waals surface area contributed by atoms with E-state index < -0.39 is 0 Å². The van der Waals surface area contributed by atoms with Gasteiger partial charge in [0.15, 0.2) is 12.4 Å². The molecule has 0 saturated carbocycles. The Balaban J connectivity index is 1.80. The number of aromatic nitrogens is 1. The van der Waals surface area contributed by atoms with Crippen molar-refractivity contribution in [2.75, 3.05) is 25.6 Å². The molecule has 1 aromatic heterocycles. The summed E-state index contributed by atoms with van der Waals surface area (Å²) in [6.45, 7) is 3.82. The van der Waals surface area contributed by atoms with Gasteiger partial charge in [0, 0.05) is 31.9 Å². The van der Waals surface area contributed by atoms with Crippen LogP contribution in [0.2, 0.25) is 0 Å². The van der Waals surface area contributed by atoms with Gasteiger partial charge in [-0.25, -0.2) is 0 Å². The van der Waals surface area contributed by atoms with Crippen molar-refractivity contribution in [3.63, 3.8) is 0 Å². The van der Waals surface area contributed by atoms with Gasteiger partial charge in [0.25, 0.3) is 6.73 Å². The molecule has 0 saturated heterocycles. The van der Waals surface area contributed by atoms with Crippen LogP contribution in [0.25, 0.3) is 0 Å². The second kappa shape index (κ2) is 17.0. The number of nitrogens with zero attached hydrogens (tertiary/aromatic N) is 2. The Bertz CT molecular complexity index is 431. The van der Waals surface area contributed by atoms with E-state index in [-0.39, 0.29) is 0 Å². The normalized spacial score (nSPS) is 11.1. The van der Waals surface area contributed by atoms with E-state index in [2.05, 4.69) is 55.0 Å². The molecule has 0 fully saturated rings. The number of pyridine rings is 1. The average Bonchev–Trinajstić information content (AvgIpc) is 2.68. The third-order valence-electron chi connectivity index (χ3n) is 5.27. The Morgan fingerprint density at radius 1 is 0.704 bits per heavy atom. The maximum atomic E-state index is 5.78. The van der Waals surface area contributed by atoms with Crippen molar-refractivity contribution in [3.05, 3.63) is 24.5 Å². The molecule has 0 aliphatic carbocycles. The molecule has 1 heterocycles. The van der Waals surface area contributed by atoms with Crippen molar-refractivity contribution in [1.82, 2.24) is 0 Å². The Morgan fingerprint density at radius 3 is 1.59 bits per heavy atom. The Kier molecular flexibility index (Phi) is 15.1. The van der Waals surface area contributed by atoms with Crippen LogP contribution in [0.3, 0.4) is 0 Å². The number of hydrogen-bond acceptors (Lipinski definition) is 2. The number of anilines is 1.